The normalized spacial score (nSPS) is 26.1. The summed E-state index contributed by atoms with van der Waals surface area (Å²) in [7, 11) is 0. The van der Waals surface area contributed by atoms with Crippen molar-refractivity contribution >= 4 is 17.5 Å². The van der Waals surface area contributed by atoms with Gasteiger partial charge in [-0.15, -0.1) is 0 Å². The fraction of sp³-hybridized carbons (Fsp3) is 0.500. The Bertz CT molecular complexity index is 548. The Labute approximate surface area is 129 Å². The van der Waals surface area contributed by atoms with Crippen LogP contribution in [0.15, 0.2) is 30.3 Å². The zero-order valence-corrected chi connectivity index (χ0v) is 12.6. The van der Waals surface area contributed by atoms with E-state index in [1.165, 1.54) is 0 Å². The number of amides is 2. The summed E-state index contributed by atoms with van der Waals surface area (Å²) in [4.78, 5) is 28.1. The molecular formula is C16H20N2O4. The first-order valence-corrected chi connectivity index (χ1v) is 7.54. The van der Waals surface area contributed by atoms with Crippen molar-refractivity contribution in [1.82, 2.24) is 4.90 Å². The van der Waals surface area contributed by atoms with Crippen molar-refractivity contribution in [3.8, 4) is 0 Å². The molecule has 0 radical (unpaired) electrons. The zero-order chi connectivity index (χ0) is 15.5. The lowest BCUT2D eigenvalue weighted by atomic mass is 10.1. The van der Waals surface area contributed by atoms with E-state index in [4.69, 9.17) is 9.47 Å². The van der Waals surface area contributed by atoms with Crippen LogP contribution < -0.4 is 4.90 Å². The molecule has 0 aromatic heterocycles. The lowest BCUT2D eigenvalue weighted by molar-refractivity contribution is -0.172. The Morgan fingerprint density at radius 2 is 1.86 bits per heavy atom. The van der Waals surface area contributed by atoms with Crippen molar-refractivity contribution in [3.05, 3.63) is 30.3 Å². The smallest absolute Gasteiger partial charge is 0.254 e. The number of para-hydroxylation sites is 1. The van der Waals surface area contributed by atoms with Gasteiger partial charge in [0.15, 0.2) is 6.10 Å². The van der Waals surface area contributed by atoms with Gasteiger partial charge in [-0.05, 0) is 19.1 Å². The SMILES string of the molecule is C[C@@H]1OCCO[C@@H]1C(=O)N1CCN(c2ccccc2)C(=O)C1. The van der Waals surface area contributed by atoms with Gasteiger partial charge in [0, 0.05) is 18.8 Å². The van der Waals surface area contributed by atoms with Crippen molar-refractivity contribution in [1.29, 1.82) is 0 Å². The first-order valence-electron chi connectivity index (χ1n) is 7.54. The molecule has 0 N–H and O–H groups in total. The van der Waals surface area contributed by atoms with E-state index in [1.54, 1.807) is 9.80 Å². The van der Waals surface area contributed by atoms with Gasteiger partial charge in [-0.3, -0.25) is 9.59 Å². The summed E-state index contributed by atoms with van der Waals surface area (Å²) < 4.78 is 11.0. The van der Waals surface area contributed by atoms with Crippen molar-refractivity contribution in [2.75, 3.05) is 37.7 Å². The summed E-state index contributed by atoms with van der Waals surface area (Å²) in [5.74, 6) is -0.233. The van der Waals surface area contributed by atoms with Gasteiger partial charge in [0.05, 0.1) is 19.3 Å². The van der Waals surface area contributed by atoms with Crippen LogP contribution in [0.3, 0.4) is 0 Å². The fourth-order valence-corrected chi connectivity index (χ4v) is 2.83. The standard InChI is InChI=1S/C16H20N2O4/c1-12-15(22-10-9-21-12)16(20)17-7-8-18(14(19)11-17)13-5-3-2-4-6-13/h2-6,12,15H,7-11H2,1H3/t12-,15-/m0/s1. The Morgan fingerprint density at radius 3 is 2.55 bits per heavy atom. The van der Waals surface area contributed by atoms with Crippen LogP contribution in [0, 0.1) is 0 Å². The van der Waals surface area contributed by atoms with E-state index in [1.807, 2.05) is 37.3 Å². The summed E-state index contributed by atoms with van der Waals surface area (Å²) in [5.41, 5.74) is 0.866. The van der Waals surface area contributed by atoms with Gasteiger partial charge >= 0.3 is 0 Å². The Morgan fingerprint density at radius 1 is 1.14 bits per heavy atom. The number of carbonyl (C=O) groups excluding carboxylic acids is 2. The largest absolute Gasteiger partial charge is 0.373 e. The molecule has 0 saturated carbocycles. The molecule has 6 nitrogen and oxygen atoms in total. The monoisotopic (exact) mass is 304 g/mol. The lowest BCUT2D eigenvalue weighted by Gasteiger charge is -2.37. The Hall–Kier alpha value is -1.92. The second kappa shape index (κ2) is 6.46. The average molecular weight is 304 g/mol. The maximum absolute atomic E-state index is 12.5. The molecule has 2 heterocycles. The molecule has 2 atom stereocenters. The van der Waals surface area contributed by atoms with Gasteiger partial charge < -0.3 is 19.3 Å². The average Bonchev–Trinajstić information content (AvgIpc) is 2.55. The summed E-state index contributed by atoms with van der Waals surface area (Å²) in [6.45, 7) is 3.83. The van der Waals surface area contributed by atoms with Crippen LogP contribution in [0.5, 0.6) is 0 Å². The quantitative estimate of drug-likeness (QED) is 0.805. The van der Waals surface area contributed by atoms with Crippen molar-refractivity contribution < 1.29 is 19.1 Å². The number of benzene rings is 1. The number of anilines is 1. The number of nitrogens with zero attached hydrogens (tertiary/aromatic N) is 2. The van der Waals surface area contributed by atoms with Gasteiger partial charge in [-0.2, -0.15) is 0 Å². The highest BCUT2D eigenvalue weighted by Gasteiger charge is 2.36. The molecule has 2 fully saturated rings. The van der Waals surface area contributed by atoms with E-state index in [-0.39, 0.29) is 24.5 Å². The van der Waals surface area contributed by atoms with E-state index in [0.29, 0.717) is 26.3 Å². The second-order valence-corrected chi connectivity index (χ2v) is 5.51. The highest BCUT2D eigenvalue weighted by molar-refractivity contribution is 5.98. The van der Waals surface area contributed by atoms with Crippen molar-refractivity contribution in [2.24, 2.45) is 0 Å². The molecule has 0 bridgehead atoms. The van der Waals surface area contributed by atoms with Gasteiger partial charge in [-0.1, -0.05) is 18.2 Å². The number of hydrogen-bond donors (Lipinski definition) is 0. The molecule has 0 unspecified atom stereocenters. The molecule has 2 amide bonds. The van der Waals surface area contributed by atoms with E-state index >= 15 is 0 Å². The molecule has 2 aliphatic heterocycles. The Kier molecular flexibility index (Phi) is 4.40. The lowest BCUT2D eigenvalue weighted by Crippen LogP contribution is -2.57. The molecule has 0 aliphatic carbocycles. The van der Waals surface area contributed by atoms with Crippen LogP contribution in [-0.4, -0.2) is 61.8 Å². The molecular weight excluding hydrogens is 284 g/mol. The van der Waals surface area contributed by atoms with Crippen molar-refractivity contribution in [2.45, 2.75) is 19.1 Å². The van der Waals surface area contributed by atoms with E-state index in [9.17, 15) is 9.59 Å². The number of hydrogen-bond acceptors (Lipinski definition) is 4. The maximum atomic E-state index is 12.5. The summed E-state index contributed by atoms with van der Waals surface area (Å²) in [5, 5.41) is 0. The molecule has 22 heavy (non-hydrogen) atoms. The van der Waals surface area contributed by atoms with Crippen LogP contribution in [0.2, 0.25) is 0 Å². The minimum absolute atomic E-state index is 0.0739. The maximum Gasteiger partial charge on any atom is 0.254 e. The van der Waals surface area contributed by atoms with Gasteiger partial charge in [0.2, 0.25) is 5.91 Å². The predicted octanol–water partition coefficient (Wildman–Crippen LogP) is 0.666. The Balaban J connectivity index is 1.65. The van der Waals surface area contributed by atoms with Crippen LogP contribution in [-0.2, 0) is 19.1 Å². The minimum atomic E-state index is -0.607. The van der Waals surface area contributed by atoms with Crippen molar-refractivity contribution in [3.63, 3.8) is 0 Å². The number of ether oxygens (including phenoxy) is 2. The fourth-order valence-electron chi connectivity index (χ4n) is 2.83. The highest BCUT2D eigenvalue weighted by atomic mass is 16.6. The third kappa shape index (κ3) is 2.98. The molecule has 118 valence electrons. The third-order valence-corrected chi connectivity index (χ3v) is 4.03. The van der Waals surface area contributed by atoms with Crippen LogP contribution in [0.25, 0.3) is 0 Å². The van der Waals surface area contributed by atoms with Crippen LogP contribution >= 0.6 is 0 Å². The highest BCUT2D eigenvalue weighted by Crippen LogP contribution is 2.19. The second-order valence-electron chi connectivity index (χ2n) is 5.51. The zero-order valence-electron chi connectivity index (χ0n) is 12.6. The number of carbonyl (C=O) groups is 2. The number of rotatable bonds is 2. The molecule has 2 saturated heterocycles. The first-order chi connectivity index (χ1) is 10.7. The molecule has 1 aromatic carbocycles. The van der Waals surface area contributed by atoms with Gasteiger partial charge in [0.1, 0.15) is 6.54 Å². The summed E-state index contributed by atoms with van der Waals surface area (Å²) in [6, 6.07) is 9.50. The van der Waals surface area contributed by atoms with E-state index in [0.717, 1.165) is 5.69 Å². The van der Waals surface area contributed by atoms with Gasteiger partial charge in [0.25, 0.3) is 5.91 Å². The molecule has 6 heteroatoms. The summed E-state index contributed by atoms with van der Waals surface area (Å²) >= 11 is 0. The van der Waals surface area contributed by atoms with Crippen LogP contribution in [0.4, 0.5) is 5.69 Å². The molecule has 1 aromatic rings. The molecule has 0 spiro atoms. The van der Waals surface area contributed by atoms with Crippen LogP contribution in [0.1, 0.15) is 6.92 Å². The number of piperazine rings is 1. The summed E-state index contributed by atoms with van der Waals surface area (Å²) in [6.07, 6.45) is -0.881. The third-order valence-electron chi connectivity index (χ3n) is 4.03. The predicted molar refractivity (Wildman–Crippen MR) is 80.5 cm³/mol. The minimum Gasteiger partial charge on any atom is -0.373 e. The van der Waals surface area contributed by atoms with E-state index in [2.05, 4.69) is 0 Å². The molecule has 2 aliphatic rings. The van der Waals surface area contributed by atoms with Gasteiger partial charge in [-0.25, -0.2) is 0 Å². The molecule has 3 rings (SSSR count). The topological polar surface area (TPSA) is 59.1 Å². The first kappa shape index (κ1) is 15.0. The van der Waals surface area contributed by atoms with E-state index < -0.39 is 6.10 Å².